The minimum absolute atomic E-state index is 0.700. The second-order valence-corrected chi connectivity index (χ2v) is 35.8. The summed E-state index contributed by atoms with van der Waals surface area (Å²) in [4.78, 5) is 43.9. The van der Waals surface area contributed by atoms with Crippen molar-refractivity contribution in [1.82, 2.24) is 44.9 Å². The molecular weight excluding hydrogens is 1680 g/mol. The van der Waals surface area contributed by atoms with E-state index in [4.69, 9.17) is 29.9 Å². The number of nitrogens with zero attached hydrogens (tertiary/aromatic N) is 9. The molecule has 0 saturated carbocycles. The fourth-order valence-corrected chi connectivity index (χ4v) is 19.7. The zero-order valence-electron chi connectivity index (χ0n) is 74.6. The highest BCUT2D eigenvalue weighted by atomic mass is 14.9. The van der Waals surface area contributed by atoms with Crippen LogP contribution in [0.15, 0.2) is 480 Å². The van der Waals surface area contributed by atoms with Crippen LogP contribution in [0.1, 0.15) is 0 Å². The Morgan fingerprint density at radius 2 is 0.261 bits per heavy atom. The molecule has 0 fully saturated rings. The van der Waals surface area contributed by atoms with E-state index < -0.39 is 0 Å². The van der Waals surface area contributed by atoms with Gasteiger partial charge in [-0.1, -0.05) is 279 Å². The Morgan fingerprint density at radius 1 is 0.101 bits per heavy atom. The summed E-state index contributed by atoms with van der Waals surface area (Å²) in [6.07, 6.45) is 11.2. The van der Waals surface area contributed by atoms with Gasteiger partial charge in [-0.25, -0.2) is 29.9 Å². The van der Waals surface area contributed by atoms with Crippen LogP contribution in [0.4, 0.5) is 0 Å². The third-order valence-electron chi connectivity index (χ3n) is 27.1. The van der Waals surface area contributed by atoms with Crippen LogP contribution in [0, 0.1) is 0 Å². The van der Waals surface area contributed by atoms with E-state index in [0.717, 1.165) is 122 Å². The number of aromatic nitrogens is 9. The summed E-state index contributed by atoms with van der Waals surface area (Å²) >= 11 is 0. The molecule has 0 spiro atoms. The number of pyridine rings is 3. The predicted octanol–water partition coefficient (Wildman–Crippen LogP) is 33.6. The quantitative estimate of drug-likeness (QED) is 0.123. The van der Waals surface area contributed by atoms with Crippen molar-refractivity contribution in [2.75, 3.05) is 0 Å². The van der Waals surface area contributed by atoms with Crippen molar-refractivity contribution in [3.63, 3.8) is 0 Å². The summed E-state index contributed by atoms with van der Waals surface area (Å²) in [5.41, 5.74) is 17.0. The minimum Gasteiger partial charge on any atom is -0.264 e. The zero-order valence-corrected chi connectivity index (χ0v) is 74.6. The molecule has 22 aromatic carbocycles. The molecule has 0 saturated heterocycles. The summed E-state index contributed by atoms with van der Waals surface area (Å²) < 4.78 is 0. The smallest absolute Gasteiger partial charge is 0.160 e. The first-order valence-electron chi connectivity index (χ1n) is 46.6. The molecule has 28 rings (SSSR count). The summed E-state index contributed by atoms with van der Waals surface area (Å²) in [6.45, 7) is 0. The van der Waals surface area contributed by atoms with E-state index in [0.29, 0.717) is 17.5 Å². The Labute approximate surface area is 793 Å². The fraction of sp³-hybridized carbons (Fsp3) is 0. The highest BCUT2D eigenvalue weighted by molar-refractivity contribution is 6.07. The molecule has 9 heteroatoms. The number of hydrogen-bond acceptors (Lipinski definition) is 9. The maximum absolute atomic E-state index is 5.20. The van der Waals surface area contributed by atoms with Crippen molar-refractivity contribution in [3.8, 4) is 113 Å². The lowest BCUT2D eigenvalue weighted by atomic mass is 9.98. The van der Waals surface area contributed by atoms with Gasteiger partial charge >= 0.3 is 0 Å². The Balaban J connectivity index is 0.000000107. The molecule has 0 unspecified atom stereocenters. The van der Waals surface area contributed by atoms with Crippen LogP contribution >= 0.6 is 0 Å². The first-order valence-corrected chi connectivity index (χ1v) is 46.6. The third-order valence-corrected chi connectivity index (χ3v) is 27.1. The lowest BCUT2D eigenvalue weighted by molar-refractivity contribution is 1.18. The van der Waals surface area contributed by atoms with Gasteiger partial charge in [0.2, 0.25) is 0 Å². The molecule has 6 heterocycles. The number of hydrogen-bond donors (Lipinski definition) is 0. The molecule has 9 nitrogen and oxygen atoms in total. The van der Waals surface area contributed by atoms with Crippen LogP contribution in [0.5, 0.6) is 0 Å². The Morgan fingerprint density at radius 3 is 0.514 bits per heavy atom. The molecule has 28 aromatic rings. The van der Waals surface area contributed by atoms with Crippen LogP contribution in [0.3, 0.4) is 0 Å². The molecule has 0 atom stereocenters. The van der Waals surface area contributed by atoms with Gasteiger partial charge in [0.25, 0.3) is 0 Å². The lowest BCUT2D eigenvalue weighted by Gasteiger charge is -2.12. The van der Waals surface area contributed by atoms with Gasteiger partial charge in [-0.3, -0.25) is 15.0 Å². The molecule has 0 aliphatic rings. The summed E-state index contributed by atoms with van der Waals surface area (Å²) in [6, 6.07) is 158. The predicted molar refractivity (Wildman–Crippen MR) is 576 cm³/mol. The second kappa shape index (κ2) is 33.9. The topological polar surface area (TPSA) is 116 Å². The van der Waals surface area contributed by atoms with Crippen molar-refractivity contribution in [1.29, 1.82) is 0 Å². The van der Waals surface area contributed by atoms with E-state index in [2.05, 4.69) is 446 Å². The van der Waals surface area contributed by atoms with Crippen molar-refractivity contribution in [2.45, 2.75) is 0 Å². The molecule has 138 heavy (non-hydrogen) atoms. The van der Waals surface area contributed by atoms with Gasteiger partial charge in [0.05, 0.1) is 34.2 Å². The van der Waals surface area contributed by atoms with Crippen LogP contribution in [-0.2, 0) is 0 Å². The maximum atomic E-state index is 5.20. The normalized spacial score (nSPS) is 11.6. The van der Waals surface area contributed by atoms with Crippen molar-refractivity contribution in [2.24, 2.45) is 0 Å². The number of rotatable bonds is 10. The zero-order chi connectivity index (χ0) is 91.1. The van der Waals surface area contributed by atoms with Gasteiger partial charge in [-0.2, -0.15) is 0 Å². The number of fused-ring (bicyclic) bond motifs is 15. The van der Waals surface area contributed by atoms with Crippen LogP contribution in [0.2, 0.25) is 0 Å². The van der Waals surface area contributed by atoms with Gasteiger partial charge in [0.15, 0.2) is 17.5 Å². The average molecular weight is 1760 g/mol. The molecule has 0 amide bonds. The fourth-order valence-electron chi connectivity index (χ4n) is 19.7. The SMILES string of the molecule is c1ccc2cc3cc(-c4cc(-c5ccc6cc7ccccc7cc6c5)nc(-c5ccc(-c6ccc7cnccc7c6)cc5)n4)ccc3cc2c1.c1ccc2cc3cc(-c4cc(-c5ccc6cc7ccccc7cc6c5)nc(-c5ccc6cnccc6c5)n4)ccc3cc2c1.c1ccc2cc3cc(-c4cc(-c5ccc6cnccc6c5)nc(-c5ccc6cc7ccccc7cc6c5)n4)ccc3cc2c1. The highest BCUT2D eigenvalue weighted by Crippen LogP contribution is 2.41. The maximum Gasteiger partial charge on any atom is 0.160 e. The molecule has 0 aliphatic heterocycles. The molecular formula is C129H79N9. The van der Waals surface area contributed by atoms with Crippen molar-refractivity contribution < 1.29 is 0 Å². The average Bonchev–Trinajstić information content (AvgIpc) is 0.374. The monoisotopic (exact) mass is 1750 g/mol. The summed E-state index contributed by atoms with van der Waals surface area (Å²) in [5, 5.41) is 36.0. The van der Waals surface area contributed by atoms with E-state index in [1.165, 1.54) is 135 Å². The van der Waals surface area contributed by atoms with Crippen molar-refractivity contribution >= 4 is 162 Å². The van der Waals surface area contributed by atoms with Crippen LogP contribution in [0.25, 0.3) is 274 Å². The number of benzene rings is 22. The third kappa shape index (κ3) is 15.6. The van der Waals surface area contributed by atoms with Gasteiger partial charge in [0.1, 0.15) is 0 Å². The van der Waals surface area contributed by atoms with Gasteiger partial charge in [-0.05, 0) is 320 Å². The molecule has 0 radical (unpaired) electrons. The highest BCUT2D eigenvalue weighted by Gasteiger charge is 2.20. The second-order valence-electron chi connectivity index (χ2n) is 35.8. The van der Waals surface area contributed by atoms with Crippen LogP contribution in [-0.4, -0.2) is 44.9 Å². The van der Waals surface area contributed by atoms with Gasteiger partial charge < -0.3 is 0 Å². The largest absolute Gasteiger partial charge is 0.264 e. The van der Waals surface area contributed by atoms with E-state index in [1.807, 2.05) is 49.3 Å². The molecule has 0 bridgehead atoms. The summed E-state index contributed by atoms with van der Waals surface area (Å²) in [7, 11) is 0. The van der Waals surface area contributed by atoms with E-state index in [1.54, 1.807) is 0 Å². The van der Waals surface area contributed by atoms with Gasteiger partial charge in [-0.15, -0.1) is 0 Å². The Hall–Kier alpha value is -18.6. The Bertz CT molecular complexity index is 9070. The minimum atomic E-state index is 0.700. The van der Waals surface area contributed by atoms with Gasteiger partial charge in [0, 0.05) is 103 Å². The molecule has 6 aromatic heterocycles. The van der Waals surface area contributed by atoms with Crippen molar-refractivity contribution in [3.05, 3.63) is 480 Å². The standard InChI is InChI=1S/C47H29N3.2C41H25N3/c1-3-7-34-24-43-26-40(16-13-37(43)21-32(34)5-1)45-28-46(41-17-14-38-22-33-6-2-4-8-35(33)25-44(38)27-41)50-47(49-45)31-11-9-30(10-12-31)36-15-18-42-29-48-20-19-39(42)23-36;1-3-7-28-20-37-22-34(11-9-30(37)17-26(28)5-1)40-24-39(33-12-14-36-25-42-16-15-32(36)19-33)43-41(44-40)35-13-10-31-18-27-6-2-4-8-29(27)21-38(31)23-35;1-3-7-28-20-37-22-33(11-9-30(37)17-26(28)5-1)39-24-40(44-41(43-39)35-13-14-36-25-42-16-15-32(36)19-35)34-12-10-31-18-27-6-2-4-8-29(27)21-38(31)23-34/h1-29H;2*1-25H. The first-order chi connectivity index (χ1) is 68.2. The molecule has 640 valence electrons. The lowest BCUT2D eigenvalue weighted by Crippen LogP contribution is -1.96. The molecule has 0 aliphatic carbocycles. The Kier molecular flexibility index (Phi) is 19.7. The van der Waals surface area contributed by atoms with E-state index in [9.17, 15) is 0 Å². The van der Waals surface area contributed by atoms with Crippen LogP contribution < -0.4 is 0 Å². The first kappa shape index (κ1) is 80.3. The summed E-state index contributed by atoms with van der Waals surface area (Å²) in [5.74, 6) is 2.11. The van der Waals surface area contributed by atoms with E-state index in [-0.39, 0.29) is 0 Å². The molecule has 0 N–H and O–H groups in total. The van der Waals surface area contributed by atoms with E-state index >= 15 is 0 Å².